The van der Waals surface area contributed by atoms with E-state index in [1.807, 2.05) is 38.1 Å². The first-order chi connectivity index (χ1) is 9.65. The molecule has 1 aromatic carbocycles. The average molecular weight is 293 g/mol. The van der Waals surface area contributed by atoms with Crippen LogP contribution in [0.1, 0.15) is 32.8 Å². The Kier molecular flexibility index (Phi) is 4.39. The topological polar surface area (TPSA) is 57.1 Å². The molecule has 0 aromatic heterocycles. The van der Waals surface area contributed by atoms with E-state index in [2.05, 4.69) is 15.4 Å². The lowest BCUT2D eigenvalue weighted by atomic mass is 10.1. The van der Waals surface area contributed by atoms with Gasteiger partial charge in [-0.3, -0.25) is 5.32 Å². The molecule has 0 spiro atoms. The molecular formula is C14H17ClN4O. The van der Waals surface area contributed by atoms with E-state index < -0.39 is 0 Å². The van der Waals surface area contributed by atoms with Gasteiger partial charge >= 0.3 is 6.03 Å². The summed E-state index contributed by atoms with van der Waals surface area (Å²) in [6, 6.07) is 7.23. The average Bonchev–Trinajstić information content (AvgIpc) is 2.85. The molecule has 0 aliphatic carbocycles. The zero-order valence-electron chi connectivity index (χ0n) is 11.7. The number of nitrogens with one attached hydrogen (secondary N) is 1. The van der Waals surface area contributed by atoms with Crippen LogP contribution in [0.2, 0.25) is 5.02 Å². The van der Waals surface area contributed by atoms with Crippen molar-refractivity contribution in [1.29, 1.82) is 0 Å². The fourth-order valence-electron chi connectivity index (χ4n) is 2.10. The predicted molar refractivity (Wildman–Crippen MR) is 81.2 cm³/mol. The Bertz CT molecular complexity index is 582. The van der Waals surface area contributed by atoms with E-state index in [1.165, 1.54) is 5.01 Å². The summed E-state index contributed by atoms with van der Waals surface area (Å²) in [6.07, 6.45) is 0.346. The van der Waals surface area contributed by atoms with Gasteiger partial charge in [0, 0.05) is 17.0 Å². The zero-order chi connectivity index (χ0) is 14.7. The quantitative estimate of drug-likeness (QED) is 0.849. The number of amidine groups is 1. The minimum Gasteiger partial charge on any atom is -0.295 e. The monoisotopic (exact) mass is 292 g/mol. The van der Waals surface area contributed by atoms with Crippen LogP contribution >= 0.6 is 11.6 Å². The second-order valence-corrected chi connectivity index (χ2v) is 4.61. The van der Waals surface area contributed by atoms with Crippen molar-refractivity contribution in [3.8, 4) is 0 Å². The van der Waals surface area contributed by atoms with Crippen molar-refractivity contribution in [1.82, 2.24) is 10.3 Å². The van der Waals surface area contributed by atoms with E-state index in [-0.39, 0.29) is 12.2 Å². The number of hydrogen-bond donors (Lipinski definition) is 1. The molecule has 5 nitrogen and oxygen atoms in total. The van der Waals surface area contributed by atoms with Crippen molar-refractivity contribution in [3.63, 3.8) is 0 Å². The first-order valence-corrected chi connectivity index (χ1v) is 7.00. The molecule has 3 rings (SSSR count). The van der Waals surface area contributed by atoms with Gasteiger partial charge in [0.05, 0.1) is 5.71 Å². The number of hydrazone groups is 1. The number of fused-ring (bicyclic) bond motifs is 1. The van der Waals surface area contributed by atoms with Gasteiger partial charge in [0.2, 0.25) is 0 Å². The minimum absolute atomic E-state index is 0.241. The van der Waals surface area contributed by atoms with E-state index in [4.69, 9.17) is 11.6 Å². The molecular weight excluding hydrogens is 276 g/mol. The number of amides is 2. The summed E-state index contributed by atoms with van der Waals surface area (Å²) in [4.78, 5) is 16.1. The number of urea groups is 1. The summed E-state index contributed by atoms with van der Waals surface area (Å²) >= 11 is 6.13. The van der Waals surface area contributed by atoms with Gasteiger partial charge in [-0.2, -0.15) is 10.1 Å². The van der Waals surface area contributed by atoms with Crippen LogP contribution in [-0.2, 0) is 0 Å². The fourth-order valence-corrected chi connectivity index (χ4v) is 2.35. The summed E-state index contributed by atoms with van der Waals surface area (Å²) in [6.45, 7) is 5.77. The third kappa shape index (κ3) is 2.67. The summed E-state index contributed by atoms with van der Waals surface area (Å²) in [7, 11) is 0. The lowest BCUT2D eigenvalue weighted by Crippen LogP contribution is -2.47. The van der Waals surface area contributed by atoms with Gasteiger partial charge in [0.1, 0.15) is 5.84 Å². The summed E-state index contributed by atoms with van der Waals surface area (Å²) < 4.78 is 0. The Morgan fingerprint density at radius 3 is 2.75 bits per heavy atom. The van der Waals surface area contributed by atoms with Crippen molar-refractivity contribution in [2.75, 3.05) is 0 Å². The number of hydrogen-bond acceptors (Lipinski definition) is 3. The highest BCUT2D eigenvalue weighted by molar-refractivity contribution is 6.34. The molecule has 6 heteroatoms. The molecule has 0 saturated carbocycles. The number of carbonyl (C=O) groups is 1. The zero-order valence-corrected chi connectivity index (χ0v) is 12.5. The van der Waals surface area contributed by atoms with Crippen LogP contribution in [0.25, 0.3) is 0 Å². The molecule has 2 heterocycles. The van der Waals surface area contributed by atoms with E-state index in [1.54, 1.807) is 6.92 Å². The normalized spacial score (nSPS) is 20.3. The van der Waals surface area contributed by atoms with E-state index in [0.29, 0.717) is 17.3 Å². The number of nitrogens with zero attached hydrogens (tertiary/aromatic N) is 3. The molecule has 0 bridgehead atoms. The molecule has 0 radical (unpaired) electrons. The van der Waals surface area contributed by atoms with Gasteiger partial charge in [0.25, 0.3) is 0 Å². The second-order valence-electron chi connectivity index (χ2n) is 4.20. The Hall–Kier alpha value is -1.88. The molecule has 1 aromatic rings. The number of carbonyl (C=O) groups excluding carboxylic acids is 1. The molecule has 106 valence electrons. The van der Waals surface area contributed by atoms with Gasteiger partial charge < -0.3 is 0 Å². The fraction of sp³-hybridized carbons (Fsp3) is 0.357. The number of benzene rings is 1. The molecule has 1 N–H and O–H groups in total. The summed E-state index contributed by atoms with van der Waals surface area (Å²) in [5, 5.41) is 8.94. The maximum absolute atomic E-state index is 11.7. The molecule has 0 saturated heterocycles. The Morgan fingerprint density at radius 1 is 1.35 bits per heavy atom. The minimum atomic E-state index is -0.245. The van der Waals surface area contributed by atoms with Crippen LogP contribution in [0, 0.1) is 0 Å². The van der Waals surface area contributed by atoms with Crippen molar-refractivity contribution in [2.24, 2.45) is 10.1 Å². The Balaban J connectivity index is 0.000000704. The van der Waals surface area contributed by atoms with Crippen LogP contribution in [-0.4, -0.2) is 28.8 Å². The van der Waals surface area contributed by atoms with Gasteiger partial charge in [-0.05, 0) is 13.0 Å². The number of halogens is 1. The maximum atomic E-state index is 11.7. The molecule has 2 amide bonds. The standard InChI is InChI=1S/C12H11ClN4O.C2H6/c1-7-14-11-6-10(16-17(11)12(18)15-7)8-4-2-3-5-9(8)13;1-2/h2-5,11H,6H2,1H3,(H,14,15,18);1-2H3. The van der Waals surface area contributed by atoms with E-state index in [0.717, 1.165) is 11.3 Å². The van der Waals surface area contributed by atoms with Crippen LogP contribution < -0.4 is 5.32 Å². The smallest absolute Gasteiger partial charge is 0.295 e. The van der Waals surface area contributed by atoms with Gasteiger partial charge in [-0.25, -0.2) is 9.79 Å². The Labute approximate surface area is 123 Å². The SMILES string of the molecule is CC.CC1=NC2CC(c3ccccc3Cl)=NN2C(=O)N1. The van der Waals surface area contributed by atoms with E-state index >= 15 is 0 Å². The van der Waals surface area contributed by atoms with Crippen LogP contribution in [0.3, 0.4) is 0 Å². The molecule has 20 heavy (non-hydrogen) atoms. The van der Waals surface area contributed by atoms with Crippen molar-refractivity contribution >= 4 is 29.2 Å². The highest BCUT2D eigenvalue weighted by Crippen LogP contribution is 2.26. The van der Waals surface area contributed by atoms with Gasteiger partial charge in [0.15, 0.2) is 6.17 Å². The molecule has 2 aliphatic rings. The first-order valence-electron chi connectivity index (χ1n) is 6.62. The van der Waals surface area contributed by atoms with Crippen LogP contribution in [0.15, 0.2) is 34.4 Å². The van der Waals surface area contributed by atoms with Crippen LogP contribution in [0.4, 0.5) is 4.79 Å². The van der Waals surface area contributed by atoms with Crippen LogP contribution in [0.5, 0.6) is 0 Å². The molecule has 1 atom stereocenters. The summed E-state index contributed by atoms with van der Waals surface area (Å²) in [5.41, 5.74) is 1.65. The van der Waals surface area contributed by atoms with Crippen molar-refractivity contribution in [2.45, 2.75) is 33.4 Å². The highest BCUT2D eigenvalue weighted by Gasteiger charge is 2.35. The molecule has 0 fully saturated rings. The lowest BCUT2D eigenvalue weighted by molar-refractivity contribution is 0.188. The number of rotatable bonds is 1. The Morgan fingerprint density at radius 2 is 2.05 bits per heavy atom. The van der Waals surface area contributed by atoms with E-state index in [9.17, 15) is 4.79 Å². The second kappa shape index (κ2) is 6.05. The highest BCUT2D eigenvalue weighted by atomic mass is 35.5. The van der Waals surface area contributed by atoms with Gasteiger partial charge in [-0.15, -0.1) is 0 Å². The molecule has 2 aliphatic heterocycles. The maximum Gasteiger partial charge on any atom is 0.345 e. The van der Waals surface area contributed by atoms with Crippen molar-refractivity contribution < 1.29 is 4.79 Å². The lowest BCUT2D eigenvalue weighted by Gasteiger charge is -2.23. The first kappa shape index (κ1) is 14.5. The van der Waals surface area contributed by atoms with Crippen molar-refractivity contribution in [3.05, 3.63) is 34.9 Å². The number of aliphatic imine (C=N–C) groups is 1. The largest absolute Gasteiger partial charge is 0.345 e. The predicted octanol–water partition coefficient (Wildman–Crippen LogP) is 3.24. The third-order valence-electron chi connectivity index (χ3n) is 2.91. The molecule has 1 unspecified atom stereocenters. The van der Waals surface area contributed by atoms with Gasteiger partial charge in [-0.1, -0.05) is 43.6 Å². The third-order valence-corrected chi connectivity index (χ3v) is 3.24. The summed E-state index contributed by atoms with van der Waals surface area (Å²) in [5.74, 6) is 0.622.